The number of nitrogens with one attached hydrogen (secondary N) is 1. The molecule has 1 rings (SSSR count). The van der Waals surface area contributed by atoms with Gasteiger partial charge in [-0.2, -0.15) is 0 Å². The van der Waals surface area contributed by atoms with Crippen LogP contribution < -0.4 is 5.32 Å². The number of hydrogen-bond donors (Lipinski definition) is 1. The van der Waals surface area contributed by atoms with Crippen molar-refractivity contribution in [1.29, 1.82) is 0 Å². The van der Waals surface area contributed by atoms with Crippen LogP contribution in [-0.2, 0) is 0 Å². The van der Waals surface area contributed by atoms with E-state index in [2.05, 4.69) is 19.2 Å². The Bertz CT molecular complexity index is 132. The molecule has 2 heteroatoms. The first-order chi connectivity index (χ1) is 5.72. The predicted octanol–water partition coefficient (Wildman–Crippen LogP) is 2.64. The zero-order chi connectivity index (χ0) is 9.03. The summed E-state index contributed by atoms with van der Waals surface area (Å²) in [7, 11) is 0. The molecule has 1 aliphatic rings. The fourth-order valence-electron chi connectivity index (χ4n) is 1.26. The summed E-state index contributed by atoms with van der Waals surface area (Å²) in [4.78, 5) is 0. The van der Waals surface area contributed by atoms with Crippen LogP contribution in [0.5, 0.6) is 0 Å². The lowest BCUT2D eigenvalue weighted by Gasteiger charge is -2.14. The van der Waals surface area contributed by atoms with Crippen LogP contribution in [0.2, 0.25) is 0 Å². The van der Waals surface area contributed by atoms with Crippen molar-refractivity contribution in [2.75, 3.05) is 19.0 Å². The first-order valence-corrected chi connectivity index (χ1v) is 5.52. The molecule has 1 atom stereocenters. The molecule has 1 aliphatic carbocycles. The minimum atomic E-state index is 0.481. The maximum atomic E-state index is 5.86. The van der Waals surface area contributed by atoms with Crippen LogP contribution in [0.4, 0.5) is 0 Å². The molecule has 1 N–H and O–H groups in total. The third-order valence-electron chi connectivity index (χ3n) is 2.93. The van der Waals surface area contributed by atoms with Crippen molar-refractivity contribution in [3.63, 3.8) is 0 Å². The monoisotopic (exact) mass is 189 g/mol. The topological polar surface area (TPSA) is 12.0 Å². The van der Waals surface area contributed by atoms with Crippen LogP contribution in [0.1, 0.15) is 33.1 Å². The lowest BCUT2D eigenvalue weighted by atomic mass is 10.1. The second-order valence-corrected chi connectivity index (χ2v) is 4.55. The zero-order valence-electron chi connectivity index (χ0n) is 8.20. The van der Waals surface area contributed by atoms with E-state index in [9.17, 15) is 0 Å². The van der Waals surface area contributed by atoms with Crippen molar-refractivity contribution < 1.29 is 0 Å². The molecule has 1 unspecified atom stereocenters. The van der Waals surface area contributed by atoms with Crippen LogP contribution in [0.15, 0.2) is 0 Å². The highest BCUT2D eigenvalue weighted by molar-refractivity contribution is 6.18. The highest BCUT2D eigenvalue weighted by atomic mass is 35.5. The van der Waals surface area contributed by atoms with Gasteiger partial charge >= 0.3 is 0 Å². The van der Waals surface area contributed by atoms with Crippen molar-refractivity contribution in [3.05, 3.63) is 0 Å². The standard InChI is InChI=1S/C10H20ClN/c1-3-9(2)6-12-8-10(7-11)4-5-10/h9,12H,3-8H2,1-2H3. The second-order valence-electron chi connectivity index (χ2n) is 4.28. The van der Waals surface area contributed by atoms with Crippen LogP contribution in [-0.4, -0.2) is 19.0 Å². The van der Waals surface area contributed by atoms with Gasteiger partial charge in [-0.15, -0.1) is 11.6 Å². The molecule has 0 aromatic heterocycles. The molecular weight excluding hydrogens is 170 g/mol. The summed E-state index contributed by atoms with van der Waals surface area (Å²) in [6, 6.07) is 0. The Morgan fingerprint density at radius 3 is 2.58 bits per heavy atom. The maximum absolute atomic E-state index is 5.86. The number of alkyl halides is 1. The SMILES string of the molecule is CCC(C)CNCC1(CCl)CC1. The molecule has 1 fully saturated rings. The van der Waals surface area contributed by atoms with Crippen molar-refractivity contribution in [1.82, 2.24) is 5.32 Å². The summed E-state index contributed by atoms with van der Waals surface area (Å²) in [5.41, 5.74) is 0.481. The molecule has 0 heterocycles. The lowest BCUT2D eigenvalue weighted by Crippen LogP contribution is -2.28. The first-order valence-electron chi connectivity index (χ1n) is 4.99. The molecule has 0 amide bonds. The molecule has 0 saturated heterocycles. The Hall–Kier alpha value is 0.250. The van der Waals surface area contributed by atoms with Gasteiger partial charge in [0.25, 0.3) is 0 Å². The predicted molar refractivity (Wildman–Crippen MR) is 54.7 cm³/mol. The average molecular weight is 190 g/mol. The van der Waals surface area contributed by atoms with Gasteiger partial charge in [0.2, 0.25) is 0 Å². The maximum Gasteiger partial charge on any atom is 0.0292 e. The second kappa shape index (κ2) is 4.48. The highest BCUT2D eigenvalue weighted by Crippen LogP contribution is 2.45. The van der Waals surface area contributed by atoms with Gasteiger partial charge in [-0.25, -0.2) is 0 Å². The summed E-state index contributed by atoms with van der Waals surface area (Å²) >= 11 is 5.86. The van der Waals surface area contributed by atoms with Crippen molar-refractivity contribution >= 4 is 11.6 Å². The van der Waals surface area contributed by atoms with Gasteiger partial charge in [-0.1, -0.05) is 20.3 Å². The quantitative estimate of drug-likeness (QED) is 0.634. The van der Waals surface area contributed by atoms with Gasteiger partial charge in [0.15, 0.2) is 0 Å². The first kappa shape index (κ1) is 10.3. The normalized spacial score (nSPS) is 22.2. The third-order valence-corrected chi connectivity index (χ3v) is 3.50. The van der Waals surface area contributed by atoms with E-state index >= 15 is 0 Å². The van der Waals surface area contributed by atoms with Crippen LogP contribution in [0.25, 0.3) is 0 Å². The Balaban J connectivity index is 2.02. The van der Waals surface area contributed by atoms with E-state index in [0.29, 0.717) is 5.41 Å². The molecule has 0 bridgehead atoms. The van der Waals surface area contributed by atoms with Gasteiger partial charge in [0, 0.05) is 12.4 Å². The lowest BCUT2D eigenvalue weighted by molar-refractivity contribution is 0.444. The van der Waals surface area contributed by atoms with Crippen molar-refractivity contribution in [2.45, 2.75) is 33.1 Å². The van der Waals surface area contributed by atoms with E-state index in [0.717, 1.165) is 24.9 Å². The van der Waals surface area contributed by atoms with E-state index in [4.69, 9.17) is 11.6 Å². The Morgan fingerprint density at radius 1 is 1.50 bits per heavy atom. The molecule has 1 saturated carbocycles. The molecule has 0 aromatic rings. The molecule has 0 aliphatic heterocycles. The number of halogens is 1. The van der Waals surface area contributed by atoms with Crippen molar-refractivity contribution in [3.8, 4) is 0 Å². The van der Waals surface area contributed by atoms with E-state index in [1.807, 2.05) is 0 Å². The molecule has 12 heavy (non-hydrogen) atoms. The Labute approximate surface area is 80.9 Å². The molecule has 0 aromatic carbocycles. The van der Waals surface area contributed by atoms with Crippen LogP contribution >= 0.6 is 11.6 Å². The molecule has 0 radical (unpaired) electrons. The Kier molecular flexibility index (Phi) is 3.85. The molecule has 0 spiro atoms. The fourth-order valence-corrected chi connectivity index (χ4v) is 1.62. The molecular formula is C10H20ClN. The van der Waals surface area contributed by atoms with E-state index in [1.165, 1.54) is 19.3 Å². The minimum absolute atomic E-state index is 0.481. The van der Waals surface area contributed by atoms with E-state index < -0.39 is 0 Å². The third kappa shape index (κ3) is 2.95. The largest absolute Gasteiger partial charge is 0.316 e. The van der Waals surface area contributed by atoms with Gasteiger partial charge in [0.1, 0.15) is 0 Å². The zero-order valence-corrected chi connectivity index (χ0v) is 8.95. The van der Waals surface area contributed by atoms with Gasteiger partial charge < -0.3 is 5.32 Å². The smallest absolute Gasteiger partial charge is 0.0292 e. The highest BCUT2D eigenvalue weighted by Gasteiger charge is 2.41. The number of rotatable bonds is 6. The van der Waals surface area contributed by atoms with Crippen molar-refractivity contribution in [2.24, 2.45) is 11.3 Å². The molecule has 72 valence electrons. The molecule has 1 nitrogen and oxygen atoms in total. The minimum Gasteiger partial charge on any atom is -0.316 e. The number of hydrogen-bond acceptors (Lipinski definition) is 1. The van der Waals surface area contributed by atoms with Gasteiger partial charge in [-0.3, -0.25) is 0 Å². The summed E-state index contributed by atoms with van der Waals surface area (Å²) in [5.74, 6) is 1.64. The summed E-state index contributed by atoms with van der Waals surface area (Å²) in [6.45, 7) is 6.80. The van der Waals surface area contributed by atoms with E-state index in [-0.39, 0.29) is 0 Å². The van der Waals surface area contributed by atoms with Gasteiger partial charge in [0.05, 0.1) is 0 Å². The van der Waals surface area contributed by atoms with Gasteiger partial charge in [-0.05, 0) is 30.7 Å². The van der Waals surface area contributed by atoms with Crippen LogP contribution in [0.3, 0.4) is 0 Å². The average Bonchev–Trinajstić information content (AvgIpc) is 2.85. The fraction of sp³-hybridized carbons (Fsp3) is 1.00. The summed E-state index contributed by atoms with van der Waals surface area (Å²) < 4.78 is 0. The van der Waals surface area contributed by atoms with Crippen LogP contribution in [0, 0.1) is 11.3 Å². The van der Waals surface area contributed by atoms with E-state index in [1.54, 1.807) is 0 Å². The Morgan fingerprint density at radius 2 is 2.17 bits per heavy atom. The summed E-state index contributed by atoms with van der Waals surface area (Å²) in [5, 5.41) is 3.51. The summed E-state index contributed by atoms with van der Waals surface area (Å²) in [6.07, 6.45) is 3.91.